The van der Waals surface area contributed by atoms with Crippen molar-refractivity contribution >= 4 is 11.9 Å². The highest BCUT2D eigenvalue weighted by atomic mass is 32.2. The van der Waals surface area contributed by atoms with E-state index in [1.54, 1.807) is 14.2 Å². The van der Waals surface area contributed by atoms with Crippen molar-refractivity contribution in [3.05, 3.63) is 72.3 Å². The molecule has 3 rings (SSSR count). The van der Waals surface area contributed by atoms with Crippen molar-refractivity contribution in [1.82, 2.24) is 4.31 Å². The fraction of sp³-hybridized carbons (Fsp3) is 0.440. The van der Waals surface area contributed by atoms with E-state index in [4.69, 9.17) is 9.47 Å². The number of ether oxygens (including phenoxy) is 2. The molecule has 0 aliphatic heterocycles. The number of methoxy groups -OCH3 is 2. The summed E-state index contributed by atoms with van der Waals surface area (Å²) in [5.41, 5.74) is 2.62. The molecule has 0 spiro atoms. The molecule has 0 radical (unpaired) electrons. The highest BCUT2D eigenvalue weighted by molar-refractivity contribution is 7.97. The molecule has 0 bridgehead atoms. The van der Waals surface area contributed by atoms with Crippen LogP contribution in [-0.2, 0) is 13.1 Å². The van der Waals surface area contributed by atoms with Gasteiger partial charge in [-0.25, -0.2) is 4.31 Å². The van der Waals surface area contributed by atoms with Crippen molar-refractivity contribution in [2.75, 3.05) is 14.2 Å². The first-order valence-electron chi connectivity index (χ1n) is 10.5. The molecule has 1 aliphatic rings. The summed E-state index contributed by atoms with van der Waals surface area (Å²) in [6.07, 6.45) is 8.48. The summed E-state index contributed by atoms with van der Waals surface area (Å²) < 4.78 is 13.2. The average Bonchev–Trinajstić information content (AvgIpc) is 2.71. The van der Waals surface area contributed by atoms with Crippen LogP contribution in [0.15, 0.2) is 61.2 Å². The van der Waals surface area contributed by atoms with Gasteiger partial charge in [-0.2, -0.15) is 0 Å². The van der Waals surface area contributed by atoms with Crippen molar-refractivity contribution in [3.63, 3.8) is 0 Å². The molecule has 0 N–H and O–H groups in total. The van der Waals surface area contributed by atoms with E-state index in [1.807, 2.05) is 36.2 Å². The van der Waals surface area contributed by atoms with Crippen molar-refractivity contribution in [2.24, 2.45) is 5.92 Å². The second-order valence-electron chi connectivity index (χ2n) is 7.70. The minimum atomic E-state index is 0.665. The van der Waals surface area contributed by atoms with Gasteiger partial charge >= 0.3 is 0 Å². The van der Waals surface area contributed by atoms with Gasteiger partial charge in [-0.15, -0.1) is 6.58 Å². The van der Waals surface area contributed by atoms with Gasteiger partial charge in [0.2, 0.25) is 0 Å². The third-order valence-corrected chi connectivity index (χ3v) is 7.10. The van der Waals surface area contributed by atoms with Crippen molar-refractivity contribution in [2.45, 2.75) is 50.4 Å². The summed E-state index contributed by atoms with van der Waals surface area (Å²) in [5.74, 6) is 2.65. The van der Waals surface area contributed by atoms with Gasteiger partial charge in [0.05, 0.1) is 14.2 Å². The Hall–Kier alpha value is -1.91. The maximum atomic E-state index is 5.31. The number of benzene rings is 2. The quantitative estimate of drug-likeness (QED) is 0.294. The van der Waals surface area contributed by atoms with Crippen LogP contribution >= 0.6 is 11.9 Å². The van der Waals surface area contributed by atoms with Gasteiger partial charge in [0.1, 0.15) is 11.5 Å². The van der Waals surface area contributed by atoms with E-state index in [1.165, 1.54) is 36.8 Å². The van der Waals surface area contributed by atoms with Crippen molar-refractivity contribution in [1.29, 1.82) is 0 Å². The largest absolute Gasteiger partial charge is 0.497 e. The Morgan fingerprint density at radius 3 is 1.86 bits per heavy atom. The first-order valence-corrected chi connectivity index (χ1v) is 11.3. The molecule has 3 nitrogen and oxygen atoms in total. The van der Waals surface area contributed by atoms with Crippen molar-refractivity contribution < 1.29 is 9.47 Å². The first-order chi connectivity index (χ1) is 14.2. The summed E-state index contributed by atoms with van der Waals surface area (Å²) >= 11 is 2.05. The van der Waals surface area contributed by atoms with Crippen LogP contribution in [-0.4, -0.2) is 23.8 Å². The molecule has 1 aliphatic carbocycles. The number of allylic oxidation sites excluding steroid dienone is 1. The minimum Gasteiger partial charge on any atom is -0.497 e. The number of nitrogens with zero attached hydrogens (tertiary/aromatic N) is 1. The average molecular weight is 412 g/mol. The molecule has 0 heterocycles. The van der Waals surface area contributed by atoms with E-state index in [9.17, 15) is 0 Å². The van der Waals surface area contributed by atoms with Crippen LogP contribution in [0.3, 0.4) is 0 Å². The summed E-state index contributed by atoms with van der Waals surface area (Å²) in [4.78, 5) is 0. The first kappa shape index (κ1) is 21.8. The minimum absolute atomic E-state index is 0.665. The maximum Gasteiger partial charge on any atom is 0.118 e. The molecule has 4 heteroatoms. The Balaban J connectivity index is 1.73. The molecule has 0 amide bonds. The normalized spacial score (nSPS) is 15.0. The molecule has 1 atom stereocenters. The summed E-state index contributed by atoms with van der Waals surface area (Å²) in [6.45, 7) is 5.77. The van der Waals surface area contributed by atoms with Crippen LogP contribution in [0, 0.1) is 5.92 Å². The molecule has 1 unspecified atom stereocenters. The predicted molar refractivity (Wildman–Crippen MR) is 123 cm³/mol. The van der Waals surface area contributed by atoms with Crippen LogP contribution < -0.4 is 9.47 Å². The van der Waals surface area contributed by atoms with Crippen LogP contribution in [0.5, 0.6) is 11.5 Å². The summed E-state index contributed by atoms with van der Waals surface area (Å²) in [7, 11) is 3.42. The molecular formula is C25H33NO2S. The van der Waals surface area contributed by atoms with Gasteiger partial charge in [-0.05, 0) is 67.0 Å². The summed E-state index contributed by atoms with van der Waals surface area (Å²) in [5, 5.41) is 0.665. The Bertz CT molecular complexity index is 691. The molecular weight excluding hydrogens is 378 g/mol. The fourth-order valence-corrected chi connectivity index (χ4v) is 5.18. The van der Waals surface area contributed by atoms with E-state index in [-0.39, 0.29) is 0 Å². The molecule has 0 saturated heterocycles. The number of rotatable bonds is 12. The Kier molecular flexibility index (Phi) is 8.51. The zero-order chi connectivity index (χ0) is 20.5. The van der Waals surface area contributed by atoms with E-state index in [2.05, 4.69) is 41.2 Å². The third kappa shape index (κ3) is 6.55. The highest BCUT2D eigenvalue weighted by Crippen LogP contribution is 2.40. The highest BCUT2D eigenvalue weighted by Gasteiger charge is 2.29. The standard InChI is InChI=1S/C25H33NO2S/c1-4-5-9-25(22-7-6-8-22)29-26(18-20-10-14-23(27-2)15-11-20)19-21-12-16-24(28-3)17-13-21/h4,10-17,22,25H,1,5-9,18-19H2,2-3H3. The molecule has 2 aromatic rings. The van der Waals surface area contributed by atoms with Gasteiger partial charge in [0.15, 0.2) is 0 Å². The predicted octanol–water partition coefficient (Wildman–Crippen LogP) is 6.49. The summed E-state index contributed by atoms with van der Waals surface area (Å²) in [6, 6.07) is 16.9. The second kappa shape index (κ2) is 11.3. The Labute approximate surface area is 180 Å². The Morgan fingerprint density at radius 2 is 1.48 bits per heavy atom. The lowest BCUT2D eigenvalue weighted by atomic mass is 9.81. The van der Waals surface area contributed by atoms with E-state index < -0.39 is 0 Å². The van der Waals surface area contributed by atoms with Gasteiger partial charge in [0.25, 0.3) is 0 Å². The van der Waals surface area contributed by atoms with E-state index >= 15 is 0 Å². The molecule has 29 heavy (non-hydrogen) atoms. The van der Waals surface area contributed by atoms with E-state index in [0.717, 1.165) is 36.9 Å². The molecule has 2 aromatic carbocycles. The molecule has 0 aromatic heterocycles. The van der Waals surface area contributed by atoms with Gasteiger partial charge in [-0.1, -0.05) is 48.7 Å². The zero-order valence-electron chi connectivity index (χ0n) is 17.7. The zero-order valence-corrected chi connectivity index (χ0v) is 18.5. The van der Waals surface area contributed by atoms with Crippen LogP contribution in [0.2, 0.25) is 0 Å². The smallest absolute Gasteiger partial charge is 0.118 e. The Morgan fingerprint density at radius 1 is 0.966 bits per heavy atom. The lowest BCUT2D eigenvalue weighted by Gasteiger charge is -2.36. The van der Waals surface area contributed by atoms with E-state index in [0.29, 0.717) is 5.25 Å². The van der Waals surface area contributed by atoms with Crippen LogP contribution in [0.4, 0.5) is 0 Å². The van der Waals surface area contributed by atoms with Crippen LogP contribution in [0.25, 0.3) is 0 Å². The molecule has 1 fully saturated rings. The lowest BCUT2D eigenvalue weighted by molar-refractivity contribution is 0.294. The fourth-order valence-electron chi connectivity index (χ4n) is 3.66. The number of hydrogen-bond donors (Lipinski definition) is 0. The van der Waals surface area contributed by atoms with Gasteiger partial charge in [0, 0.05) is 18.3 Å². The monoisotopic (exact) mass is 411 g/mol. The van der Waals surface area contributed by atoms with Gasteiger partial charge < -0.3 is 9.47 Å². The number of hydrogen-bond acceptors (Lipinski definition) is 4. The SMILES string of the molecule is C=CCCC(SN(Cc1ccc(OC)cc1)Cc1ccc(OC)cc1)C1CCC1. The van der Waals surface area contributed by atoms with Crippen LogP contribution in [0.1, 0.15) is 43.2 Å². The topological polar surface area (TPSA) is 21.7 Å². The molecule has 156 valence electrons. The molecule has 1 saturated carbocycles. The van der Waals surface area contributed by atoms with Gasteiger partial charge in [-0.3, -0.25) is 0 Å². The lowest BCUT2D eigenvalue weighted by Crippen LogP contribution is -2.29. The third-order valence-electron chi connectivity index (χ3n) is 5.65. The van der Waals surface area contributed by atoms with Crippen molar-refractivity contribution in [3.8, 4) is 11.5 Å². The maximum absolute atomic E-state index is 5.31. The second-order valence-corrected chi connectivity index (χ2v) is 9.03.